The van der Waals surface area contributed by atoms with Crippen molar-refractivity contribution in [1.82, 2.24) is 4.90 Å². The Morgan fingerprint density at radius 2 is 2.06 bits per heavy atom. The number of rotatable bonds is 6. The number of likely N-dealkylation sites (N-methyl/N-ethyl adjacent to an activating group) is 1. The van der Waals surface area contributed by atoms with Crippen molar-refractivity contribution in [2.24, 2.45) is 0 Å². The van der Waals surface area contributed by atoms with Crippen molar-refractivity contribution in [2.45, 2.75) is 46.0 Å². The van der Waals surface area contributed by atoms with Crippen LogP contribution < -0.4 is 0 Å². The van der Waals surface area contributed by atoms with Crippen LogP contribution in [0, 0.1) is 0 Å². The molecule has 0 N–H and O–H groups in total. The SMILES string of the molecule is CCC1=C(N(CC)CCCBr)C(=O)CCC1. The van der Waals surface area contributed by atoms with Crippen LogP contribution in [0.3, 0.4) is 0 Å². The second-order valence-corrected chi connectivity index (χ2v) is 5.00. The quantitative estimate of drug-likeness (QED) is 0.697. The van der Waals surface area contributed by atoms with Crippen LogP contribution in [0.2, 0.25) is 0 Å². The average Bonchev–Trinajstić information content (AvgIpc) is 2.31. The molecule has 0 unspecified atom stereocenters. The number of nitrogens with zero attached hydrogens (tertiary/aromatic N) is 1. The minimum atomic E-state index is 0.361. The van der Waals surface area contributed by atoms with Crippen LogP contribution in [0.15, 0.2) is 11.3 Å². The summed E-state index contributed by atoms with van der Waals surface area (Å²) < 4.78 is 0. The molecule has 0 saturated carbocycles. The molecule has 3 heteroatoms. The van der Waals surface area contributed by atoms with E-state index in [2.05, 4.69) is 34.7 Å². The molecule has 0 radical (unpaired) electrons. The summed E-state index contributed by atoms with van der Waals surface area (Å²) in [5.41, 5.74) is 2.41. The van der Waals surface area contributed by atoms with Gasteiger partial charge in [0.2, 0.25) is 0 Å². The Morgan fingerprint density at radius 3 is 2.62 bits per heavy atom. The van der Waals surface area contributed by atoms with Crippen molar-refractivity contribution in [3.8, 4) is 0 Å². The summed E-state index contributed by atoms with van der Waals surface area (Å²) in [5, 5.41) is 1.01. The van der Waals surface area contributed by atoms with Crippen LogP contribution in [0.5, 0.6) is 0 Å². The summed E-state index contributed by atoms with van der Waals surface area (Å²) >= 11 is 3.45. The molecule has 0 saturated heterocycles. The van der Waals surface area contributed by atoms with E-state index < -0.39 is 0 Å². The Kier molecular flexibility index (Phi) is 6.10. The molecule has 1 aliphatic carbocycles. The zero-order chi connectivity index (χ0) is 12.0. The normalized spacial score (nSPS) is 16.8. The van der Waals surface area contributed by atoms with Crippen LogP contribution in [-0.4, -0.2) is 29.1 Å². The Balaban J connectivity index is 2.84. The lowest BCUT2D eigenvalue weighted by atomic mass is 9.92. The molecule has 2 nitrogen and oxygen atoms in total. The maximum atomic E-state index is 12.0. The van der Waals surface area contributed by atoms with Crippen LogP contribution >= 0.6 is 15.9 Å². The molecule has 0 aromatic heterocycles. The number of carbonyl (C=O) groups excluding carboxylic acids is 1. The van der Waals surface area contributed by atoms with Crippen LogP contribution in [0.1, 0.15) is 46.0 Å². The largest absolute Gasteiger partial charge is 0.369 e. The highest BCUT2D eigenvalue weighted by Crippen LogP contribution is 2.27. The van der Waals surface area contributed by atoms with Gasteiger partial charge in [0, 0.05) is 24.8 Å². The molecular formula is C13H22BrNO. The van der Waals surface area contributed by atoms with Crippen molar-refractivity contribution < 1.29 is 4.79 Å². The van der Waals surface area contributed by atoms with E-state index >= 15 is 0 Å². The summed E-state index contributed by atoms with van der Waals surface area (Å²) in [6.07, 6.45) is 5.01. The predicted octanol–water partition coefficient (Wildman–Crippen LogP) is 3.51. The molecule has 0 amide bonds. The van der Waals surface area contributed by atoms with Gasteiger partial charge in [-0.15, -0.1) is 0 Å². The molecule has 0 aromatic carbocycles. The number of Topliss-reactive ketones (excluding diaryl/α,β-unsaturated/α-hetero) is 1. The molecule has 1 rings (SSSR count). The van der Waals surface area contributed by atoms with Crippen molar-refractivity contribution in [2.75, 3.05) is 18.4 Å². The molecule has 0 aromatic rings. The number of alkyl halides is 1. The van der Waals surface area contributed by atoms with Gasteiger partial charge in [0.05, 0.1) is 5.70 Å². The second-order valence-electron chi connectivity index (χ2n) is 4.20. The third kappa shape index (κ3) is 3.34. The van der Waals surface area contributed by atoms with Crippen molar-refractivity contribution in [3.63, 3.8) is 0 Å². The fourth-order valence-corrected chi connectivity index (χ4v) is 2.57. The van der Waals surface area contributed by atoms with Crippen LogP contribution in [-0.2, 0) is 4.79 Å². The lowest BCUT2D eigenvalue weighted by Crippen LogP contribution is -2.31. The zero-order valence-corrected chi connectivity index (χ0v) is 12.0. The first kappa shape index (κ1) is 13.8. The van der Waals surface area contributed by atoms with Gasteiger partial charge in [-0.1, -0.05) is 22.9 Å². The Morgan fingerprint density at radius 1 is 1.31 bits per heavy atom. The molecule has 92 valence electrons. The van der Waals surface area contributed by atoms with E-state index in [4.69, 9.17) is 0 Å². The highest BCUT2D eigenvalue weighted by atomic mass is 79.9. The molecule has 0 spiro atoms. The summed E-state index contributed by atoms with van der Waals surface area (Å²) in [6, 6.07) is 0. The lowest BCUT2D eigenvalue weighted by Gasteiger charge is -2.30. The van der Waals surface area contributed by atoms with Gasteiger partial charge in [-0.25, -0.2) is 0 Å². The lowest BCUT2D eigenvalue weighted by molar-refractivity contribution is -0.117. The van der Waals surface area contributed by atoms with Gasteiger partial charge in [0.1, 0.15) is 0 Å². The van der Waals surface area contributed by atoms with E-state index in [0.717, 1.165) is 56.2 Å². The second kappa shape index (κ2) is 7.10. The number of carbonyl (C=O) groups is 1. The van der Waals surface area contributed by atoms with Crippen molar-refractivity contribution >= 4 is 21.7 Å². The van der Waals surface area contributed by atoms with E-state index in [0.29, 0.717) is 5.78 Å². The van der Waals surface area contributed by atoms with Crippen LogP contribution in [0.4, 0.5) is 0 Å². The third-order valence-electron chi connectivity index (χ3n) is 3.17. The minimum absolute atomic E-state index is 0.361. The number of hydrogen-bond donors (Lipinski definition) is 0. The van der Waals surface area contributed by atoms with E-state index in [1.54, 1.807) is 0 Å². The van der Waals surface area contributed by atoms with Crippen molar-refractivity contribution in [3.05, 3.63) is 11.3 Å². The van der Waals surface area contributed by atoms with E-state index in [9.17, 15) is 4.79 Å². The third-order valence-corrected chi connectivity index (χ3v) is 3.73. The maximum Gasteiger partial charge on any atom is 0.178 e. The Bertz CT molecular complexity index is 273. The molecule has 0 bridgehead atoms. The van der Waals surface area contributed by atoms with Gasteiger partial charge in [-0.3, -0.25) is 4.79 Å². The summed E-state index contributed by atoms with van der Waals surface area (Å²) in [4.78, 5) is 14.3. The zero-order valence-electron chi connectivity index (χ0n) is 10.4. The average molecular weight is 288 g/mol. The van der Waals surface area contributed by atoms with Gasteiger partial charge in [0.15, 0.2) is 5.78 Å². The minimum Gasteiger partial charge on any atom is -0.369 e. The van der Waals surface area contributed by atoms with Crippen LogP contribution in [0.25, 0.3) is 0 Å². The highest BCUT2D eigenvalue weighted by Gasteiger charge is 2.23. The Labute approximate surface area is 107 Å². The predicted molar refractivity (Wildman–Crippen MR) is 71.8 cm³/mol. The van der Waals surface area contributed by atoms with E-state index in [-0.39, 0.29) is 0 Å². The first-order valence-electron chi connectivity index (χ1n) is 6.30. The van der Waals surface area contributed by atoms with Gasteiger partial charge >= 0.3 is 0 Å². The van der Waals surface area contributed by atoms with Gasteiger partial charge < -0.3 is 4.90 Å². The summed E-state index contributed by atoms with van der Waals surface area (Å²) in [5.74, 6) is 0.361. The molecular weight excluding hydrogens is 266 g/mol. The number of allylic oxidation sites excluding steroid dienone is 2. The standard InChI is InChI=1S/C13H22BrNO/c1-3-11-7-5-8-12(16)13(11)15(4-2)10-6-9-14/h3-10H2,1-2H3. The molecule has 0 heterocycles. The summed E-state index contributed by atoms with van der Waals surface area (Å²) in [6.45, 7) is 6.23. The first-order chi connectivity index (χ1) is 7.74. The first-order valence-corrected chi connectivity index (χ1v) is 7.42. The highest BCUT2D eigenvalue weighted by molar-refractivity contribution is 9.09. The number of hydrogen-bond acceptors (Lipinski definition) is 2. The molecule has 1 aliphatic rings. The van der Waals surface area contributed by atoms with Gasteiger partial charge in [-0.2, -0.15) is 0 Å². The molecule has 0 aliphatic heterocycles. The fraction of sp³-hybridized carbons (Fsp3) is 0.769. The summed E-state index contributed by atoms with van der Waals surface area (Å²) in [7, 11) is 0. The van der Waals surface area contributed by atoms with Gasteiger partial charge in [0.25, 0.3) is 0 Å². The van der Waals surface area contributed by atoms with Gasteiger partial charge in [-0.05, 0) is 38.2 Å². The number of halogens is 1. The number of ketones is 1. The van der Waals surface area contributed by atoms with Crippen molar-refractivity contribution in [1.29, 1.82) is 0 Å². The Hall–Kier alpha value is -0.310. The molecule has 16 heavy (non-hydrogen) atoms. The monoisotopic (exact) mass is 287 g/mol. The fourth-order valence-electron chi connectivity index (χ4n) is 2.32. The topological polar surface area (TPSA) is 20.3 Å². The maximum absolute atomic E-state index is 12.0. The van der Waals surface area contributed by atoms with E-state index in [1.165, 1.54) is 5.57 Å². The van der Waals surface area contributed by atoms with E-state index in [1.807, 2.05) is 0 Å². The molecule has 0 fully saturated rings. The smallest absolute Gasteiger partial charge is 0.178 e. The molecule has 0 atom stereocenters.